The first kappa shape index (κ1) is 17.5. The summed E-state index contributed by atoms with van der Waals surface area (Å²) < 4.78 is 13.7. The molecule has 1 aromatic carbocycles. The molecule has 0 saturated heterocycles. The van der Waals surface area contributed by atoms with Crippen molar-refractivity contribution in [2.75, 3.05) is 4.90 Å². The maximum atomic E-state index is 14.0. The minimum absolute atomic E-state index is 0.0765. The fraction of sp³-hybridized carbons (Fsp3) is 0.619. The van der Waals surface area contributed by atoms with Crippen LogP contribution in [0, 0.1) is 22.1 Å². The lowest BCUT2D eigenvalue weighted by atomic mass is 9.64. The van der Waals surface area contributed by atoms with Crippen LogP contribution in [0.5, 0.6) is 0 Å². The highest BCUT2D eigenvalue weighted by molar-refractivity contribution is 6.08. The predicted molar refractivity (Wildman–Crippen MR) is 99.1 cm³/mol. The zero-order valence-electron chi connectivity index (χ0n) is 16.0. The molecule has 2 aliphatic carbocycles. The summed E-state index contributed by atoms with van der Waals surface area (Å²) in [5, 5.41) is 13.1. The second-order valence-electron chi connectivity index (χ2n) is 9.10. The molecule has 1 amide bonds. The number of hydrogen-bond donors (Lipinski definition) is 1. The molecule has 1 aliphatic heterocycles. The number of amides is 1. The molecule has 26 heavy (non-hydrogen) atoms. The minimum Gasteiger partial charge on any atom is -0.411 e. The van der Waals surface area contributed by atoms with Crippen molar-refractivity contribution in [3.05, 3.63) is 29.6 Å². The lowest BCUT2D eigenvalue weighted by molar-refractivity contribution is -0.133. The van der Waals surface area contributed by atoms with E-state index in [4.69, 9.17) is 0 Å². The van der Waals surface area contributed by atoms with Gasteiger partial charge in [-0.15, -0.1) is 0 Å². The van der Waals surface area contributed by atoms with Gasteiger partial charge in [-0.25, -0.2) is 4.39 Å². The summed E-state index contributed by atoms with van der Waals surface area (Å²) in [7, 11) is 0. The molecule has 140 valence electrons. The number of aryl methyl sites for hydroxylation is 1. The van der Waals surface area contributed by atoms with Crippen molar-refractivity contribution in [2.24, 2.45) is 21.4 Å². The molecule has 0 aromatic heterocycles. The maximum absolute atomic E-state index is 14.0. The Morgan fingerprint density at radius 1 is 1.31 bits per heavy atom. The van der Waals surface area contributed by atoms with E-state index >= 15 is 0 Å². The van der Waals surface area contributed by atoms with Crippen molar-refractivity contribution in [1.29, 1.82) is 0 Å². The number of carbonyl (C=O) groups is 1. The molecule has 0 radical (unpaired) electrons. The van der Waals surface area contributed by atoms with E-state index in [0.29, 0.717) is 6.42 Å². The molecular formula is C21H27FN2O2. The third kappa shape index (κ3) is 1.89. The molecule has 1 N–H and O–H groups in total. The van der Waals surface area contributed by atoms with Gasteiger partial charge in [-0.2, -0.15) is 0 Å². The second kappa shape index (κ2) is 5.30. The number of anilines is 1. The number of rotatable bonds is 1. The van der Waals surface area contributed by atoms with Crippen LogP contribution < -0.4 is 4.90 Å². The maximum Gasteiger partial charge on any atom is 0.234 e. The summed E-state index contributed by atoms with van der Waals surface area (Å²) in [6, 6.07) is 4.81. The number of hydrogen-bond acceptors (Lipinski definition) is 3. The van der Waals surface area contributed by atoms with Crippen LogP contribution in [0.3, 0.4) is 0 Å². The summed E-state index contributed by atoms with van der Waals surface area (Å²) in [6.07, 6.45) is 3.77. The molecule has 5 heteroatoms. The van der Waals surface area contributed by atoms with Crippen LogP contribution >= 0.6 is 0 Å². The predicted octanol–water partition coefficient (Wildman–Crippen LogP) is 4.54. The molecule has 2 saturated carbocycles. The van der Waals surface area contributed by atoms with E-state index in [2.05, 4.69) is 32.9 Å². The van der Waals surface area contributed by atoms with Crippen LogP contribution in [0.25, 0.3) is 0 Å². The summed E-state index contributed by atoms with van der Waals surface area (Å²) in [5.41, 5.74) is 1.36. The normalized spacial score (nSPS) is 36.4. The molecule has 3 unspecified atom stereocenters. The number of oxime groups is 1. The Bertz CT molecular complexity index is 818. The Morgan fingerprint density at radius 3 is 2.69 bits per heavy atom. The van der Waals surface area contributed by atoms with Crippen LogP contribution in [0.15, 0.2) is 23.4 Å². The van der Waals surface area contributed by atoms with Gasteiger partial charge in [0.2, 0.25) is 5.91 Å². The third-order valence-corrected chi connectivity index (χ3v) is 8.06. The average molecular weight is 358 g/mol. The number of carbonyl (C=O) groups excluding carboxylic acids is 1. The molecule has 1 heterocycles. The SMILES string of the molecule is CC1CCc2cc(F)ccc2N1C(=O)C12CCC(C)(/C(=N/O)C1)C2(C)C. The third-order valence-electron chi connectivity index (χ3n) is 8.06. The minimum atomic E-state index is -0.569. The van der Waals surface area contributed by atoms with E-state index < -0.39 is 5.41 Å². The van der Waals surface area contributed by atoms with Gasteiger partial charge in [0.25, 0.3) is 0 Å². The zero-order chi connectivity index (χ0) is 18.9. The first-order valence-corrected chi connectivity index (χ1v) is 9.51. The van der Waals surface area contributed by atoms with Crippen molar-refractivity contribution in [1.82, 2.24) is 0 Å². The van der Waals surface area contributed by atoms with Crippen LogP contribution in [0.1, 0.15) is 58.9 Å². The average Bonchev–Trinajstić information content (AvgIpc) is 2.91. The second-order valence-corrected chi connectivity index (χ2v) is 9.10. The van der Waals surface area contributed by atoms with Crippen LogP contribution in [-0.2, 0) is 11.2 Å². The smallest absolute Gasteiger partial charge is 0.234 e. The van der Waals surface area contributed by atoms with Crippen molar-refractivity contribution < 1.29 is 14.4 Å². The summed E-state index contributed by atoms with van der Waals surface area (Å²) >= 11 is 0. The van der Waals surface area contributed by atoms with Crippen LogP contribution in [0.4, 0.5) is 10.1 Å². The van der Waals surface area contributed by atoms with E-state index in [1.807, 2.05) is 4.90 Å². The Hall–Kier alpha value is -1.91. The van der Waals surface area contributed by atoms with Gasteiger partial charge in [-0.1, -0.05) is 25.9 Å². The Balaban J connectivity index is 1.82. The molecule has 0 spiro atoms. The molecule has 4 rings (SSSR count). The van der Waals surface area contributed by atoms with E-state index in [0.717, 1.165) is 42.6 Å². The molecule has 1 aromatic rings. The number of benzene rings is 1. The summed E-state index contributed by atoms with van der Waals surface area (Å²) in [4.78, 5) is 15.8. The van der Waals surface area contributed by atoms with Gasteiger partial charge in [-0.05, 0) is 61.8 Å². The lowest BCUT2D eigenvalue weighted by Gasteiger charge is -2.45. The molecular weight excluding hydrogens is 331 g/mol. The van der Waals surface area contributed by atoms with Crippen molar-refractivity contribution in [2.45, 2.75) is 65.8 Å². The Morgan fingerprint density at radius 2 is 2.04 bits per heavy atom. The van der Waals surface area contributed by atoms with Gasteiger partial charge in [0.1, 0.15) is 5.82 Å². The highest BCUT2D eigenvalue weighted by Crippen LogP contribution is 2.71. The Labute approximate surface area is 154 Å². The van der Waals surface area contributed by atoms with Crippen LogP contribution in [-0.4, -0.2) is 22.9 Å². The van der Waals surface area contributed by atoms with Crippen molar-refractivity contribution in [3.63, 3.8) is 0 Å². The van der Waals surface area contributed by atoms with Gasteiger partial charge in [0.05, 0.1) is 11.1 Å². The number of fused-ring (bicyclic) bond motifs is 3. The van der Waals surface area contributed by atoms with Gasteiger partial charge >= 0.3 is 0 Å². The summed E-state index contributed by atoms with van der Waals surface area (Å²) in [5.74, 6) is -0.155. The van der Waals surface area contributed by atoms with E-state index in [1.54, 1.807) is 12.1 Å². The number of halogens is 1. The molecule has 3 aliphatic rings. The van der Waals surface area contributed by atoms with Gasteiger partial charge in [0, 0.05) is 23.6 Å². The molecule has 2 fully saturated rings. The van der Waals surface area contributed by atoms with Crippen LogP contribution in [0.2, 0.25) is 0 Å². The fourth-order valence-electron chi connectivity index (χ4n) is 5.77. The number of nitrogens with zero attached hydrogens (tertiary/aromatic N) is 2. The van der Waals surface area contributed by atoms with Crippen molar-refractivity contribution in [3.8, 4) is 0 Å². The Kier molecular flexibility index (Phi) is 3.57. The lowest BCUT2D eigenvalue weighted by Crippen LogP contribution is -2.53. The van der Waals surface area contributed by atoms with Gasteiger partial charge in [-0.3, -0.25) is 4.79 Å². The highest BCUT2D eigenvalue weighted by atomic mass is 19.1. The van der Waals surface area contributed by atoms with E-state index in [-0.39, 0.29) is 28.6 Å². The fourth-order valence-corrected chi connectivity index (χ4v) is 5.77. The standard InChI is InChI=1S/C21H27FN2O2/c1-13-5-6-14-11-15(22)7-8-16(14)24(13)18(25)21-10-9-20(4,19(21,2)3)17(12-21)23-26/h7-8,11,13,26H,5-6,9-10,12H2,1-4H3/b23-17+. The largest absolute Gasteiger partial charge is 0.411 e. The molecule has 4 nitrogen and oxygen atoms in total. The molecule has 3 atom stereocenters. The van der Waals surface area contributed by atoms with E-state index in [9.17, 15) is 14.4 Å². The van der Waals surface area contributed by atoms with E-state index in [1.165, 1.54) is 6.07 Å². The quantitative estimate of drug-likeness (QED) is 0.592. The van der Waals surface area contributed by atoms with Crippen molar-refractivity contribution >= 4 is 17.3 Å². The van der Waals surface area contributed by atoms with Gasteiger partial charge in [0.15, 0.2) is 0 Å². The molecule has 2 bridgehead atoms. The summed E-state index contributed by atoms with van der Waals surface area (Å²) in [6.45, 7) is 8.46. The monoisotopic (exact) mass is 358 g/mol. The van der Waals surface area contributed by atoms with Gasteiger partial charge < -0.3 is 10.1 Å². The zero-order valence-corrected chi connectivity index (χ0v) is 16.0. The first-order chi connectivity index (χ1) is 12.2. The topological polar surface area (TPSA) is 52.9 Å². The highest BCUT2D eigenvalue weighted by Gasteiger charge is 2.72. The first-order valence-electron chi connectivity index (χ1n) is 9.51.